The zero-order chi connectivity index (χ0) is 41.5. The molecule has 7 rings (SSSR count). The van der Waals surface area contributed by atoms with E-state index < -0.39 is 11.9 Å². The lowest BCUT2D eigenvalue weighted by atomic mass is 9.89. The monoisotopic (exact) mass is 817 g/mol. The van der Waals surface area contributed by atoms with Crippen LogP contribution in [0.25, 0.3) is 21.8 Å². The zero-order valence-electron chi connectivity index (χ0n) is 36.3. The number of carbonyl (C=O) groups excluding carboxylic acids is 2. The minimum atomic E-state index is -0.432. The van der Waals surface area contributed by atoms with E-state index in [2.05, 4.69) is 111 Å². The van der Waals surface area contributed by atoms with Crippen LogP contribution in [0.3, 0.4) is 0 Å². The third-order valence-corrected chi connectivity index (χ3v) is 13.0. The third-order valence-electron chi connectivity index (χ3n) is 13.0. The second kappa shape index (κ2) is 22.5. The molecule has 60 heavy (non-hydrogen) atoms. The molecule has 0 bridgehead atoms. The summed E-state index contributed by atoms with van der Waals surface area (Å²) in [4.78, 5) is 30.2. The Morgan fingerprint density at radius 1 is 0.583 bits per heavy atom. The van der Waals surface area contributed by atoms with Gasteiger partial charge in [-0.2, -0.15) is 0 Å². The Labute approximate surface area is 358 Å². The molecule has 0 atom stereocenters. The number of piperidine rings is 2. The smallest absolute Gasteiger partial charge is 0.313 e. The van der Waals surface area contributed by atoms with E-state index in [1.807, 2.05) is 0 Å². The van der Waals surface area contributed by atoms with Gasteiger partial charge >= 0.3 is 11.9 Å². The number of aromatic nitrogens is 2. The van der Waals surface area contributed by atoms with Crippen LogP contribution in [0.4, 0.5) is 0 Å². The van der Waals surface area contributed by atoms with E-state index >= 15 is 0 Å². The molecule has 0 spiro atoms. The number of carbonyl (C=O) groups is 2. The SMILES string of the molecule is CCCCCn1cc(C2CCN(CCCC(=O)OC(=O)CCc3ccc(CCN4CCC(c5cn(CCOCCOC)c6ccccc56)CC4)cc3)CC2)c2ccccc21. The highest BCUT2D eigenvalue weighted by atomic mass is 16.6. The second-order valence-electron chi connectivity index (χ2n) is 17.2. The summed E-state index contributed by atoms with van der Waals surface area (Å²) < 4.78 is 20.9. The van der Waals surface area contributed by atoms with Crippen molar-refractivity contribution in [3.8, 4) is 0 Å². The van der Waals surface area contributed by atoms with E-state index in [-0.39, 0.29) is 12.8 Å². The maximum Gasteiger partial charge on any atom is 0.313 e. The number of unbranched alkanes of at least 4 members (excludes halogenated alkanes) is 2. The highest BCUT2D eigenvalue weighted by Crippen LogP contribution is 2.36. The van der Waals surface area contributed by atoms with Gasteiger partial charge in [-0.25, -0.2) is 0 Å². The molecule has 0 aliphatic carbocycles. The molecule has 2 fully saturated rings. The fourth-order valence-electron chi connectivity index (χ4n) is 9.53. The van der Waals surface area contributed by atoms with Crippen molar-refractivity contribution in [2.75, 3.05) is 66.2 Å². The van der Waals surface area contributed by atoms with E-state index in [0.717, 1.165) is 77.2 Å². The lowest BCUT2D eigenvalue weighted by Crippen LogP contribution is -2.34. The van der Waals surface area contributed by atoms with Gasteiger partial charge in [-0.1, -0.05) is 80.4 Å². The molecule has 9 nitrogen and oxygen atoms in total. The van der Waals surface area contributed by atoms with Crippen molar-refractivity contribution in [1.29, 1.82) is 0 Å². The number of fused-ring (bicyclic) bond motifs is 2. The van der Waals surface area contributed by atoms with Crippen LogP contribution < -0.4 is 0 Å². The lowest BCUT2D eigenvalue weighted by Gasteiger charge is -2.32. The summed E-state index contributed by atoms with van der Waals surface area (Å²) in [5.41, 5.74) is 8.02. The van der Waals surface area contributed by atoms with Crippen molar-refractivity contribution in [2.24, 2.45) is 0 Å². The van der Waals surface area contributed by atoms with Gasteiger partial charge in [0, 0.05) is 67.4 Å². The summed E-state index contributed by atoms with van der Waals surface area (Å²) >= 11 is 0. The van der Waals surface area contributed by atoms with Crippen molar-refractivity contribution >= 4 is 33.7 Å². The lowest BCUT2D eigenvalue weighted by molar-refractivity contribution is -0.159. The number of benzene rings is 3. The first-order valence-corrected chi connectivity index (χ1v) is 23.0. The van der Waals surface area contributed by atoms with Crippen LogP contribution in [-0.4, -0.2) is 97.1 Å². The third kappa shape index (κ3) is 12.0. The van der Waals surface area contributed by atoms with Crippen LogP contribution in [0.5, 0.6) is 0 Å². The number of para-hydroxylation sites is 2. The number of nitrogens with zero attached hydrogens (tertiary/aromatic N) is 4. The maximum atomic E-state index is 12.6. The standard InChI is InChI=1S/C51H68N4O5/c1-3-4-9-28-54-38-46(44-11-5-7-13-48(44)54)42-23-30-52(31-24-42)27-10-15-50(56)60-51(57)21-20-40-16-18-41(19-17-40)22-29-53-32-25-43(26-33-53)47-39-55(34-35-59-37-36-58-2)49-14-8-6-12-45(47)49/h5-8,11-14,16-19,38-39,42-43H,3-4,9-10,15,20-37H2,1-2H3. The predicted octanol–water partition coefficient (Wildman–Crippen LogP) is 9.53. The van der Waals surface area contributed by atoms with Crippen molar-refractivity contribution in [2.45, 2.75) is 109 Å². The number of hydrogen-bond acceptors (Lipinski definition) is 7. The van der Waals surface area contributed by atoms with Gasteiger partial charge in [0.25, 0.3) is 0 Å². The Morgan fingerprint density at radius 3 is 1.73 bits per heavy atom. The van der Waals surface area contributed by atoms with Gasteiger partial charge in [0.05, 0.1) is 26.2 Å². The first-order chi connectivity index (χ1) is 29.5. The van der Waals surface area contributed by atoms with Crippen LogP contribution >= 0.6 is 0 Å². The Balaban J connectivity index is 0.760. The van der Waals surface area contributed by atoms with E-state index in [4.69, 9.17) is 14.2 Å². The molecular formula is C51H68N4O5. The van der Waals surface area contributed by atoms with Crippen molar-refractivity contribution in [3.63, 3.8) is 0 Å². The number of esters is 2. The molecule has 4 heterocycles. The van der Waals surface area contributed by atoms with Gasteiger partial charge in [0.2, 0.25) is 0 Å². The van der Waals surface area contributed by atoms with Crippen LogP contribution in [0.2, 0.25) is 0 Å². The predicted molar refractivity (Wildman–Crippen MR) is 242 cm³/mol. The zero-order valence-corrected chi connectivity index (χ0v) is 36.3. The summed E-state index contributed by atoms with van der Waals surface area (Å²) in [6, 6.07) is 26.2. The highest BCUT2D eigenvalue weighted by Gasteiger charge is 2.25. The van der Waals surface area contributed by atoms with Crippen LogP contribution in [0.1, 0.15) is 105 Å². The molecule has 9 heteroatoms. The number of rotatable bonds is 22. The van der Waals surface area contributed by atoms with Crippen LogP contribution in [0, 0.1) is 0 Å². The summed E-state index contributed by atoms with van der Waals surface area (Å²) in [6.07, 6.45) is 15.9. The molecule has 5 aromatic rings. The molecule has 0 saturated carbocycles. The van der Waals surface area contributed by atoms with Gasteiger partial charge in [-0.05, 0) is 130 Å². The molecule has 0 amide bonds. The molecule has 2 aromatic heterocycles. The van der Waals surface area contributed by atoms with Crippen molar-refractivity contribution in [3.05, 3.63) is 107 Å². The average molecular weight is 817 g/mol. The van der Waals surface area contributed by atoms with Crippen molar-refractivity contribution in [1.82, 2.24) is 18.9 Å². The summed E-state index contributed by atoms with van der Waals surface area (Å²) in [7, 11) is 1.70. The average Bonchev–Trinajstić information content (AvgIpc) is 3.84. The molecule has 2 aliphatic heterocycles. The van der Waals surface area contributed by atoms with Crippen molar-refractivity contribution < 1.29 is 23.8 Å². The Bertz CT molecular complexity index is 2090. The van der Waals surface area contributed by atoms with E-state index in [0.29, 0.717) is 44.5 Å². The van der Waals surface area contributed by atoms with E-state index in [1.54, 1.807) is 7.11 Å². The quantitative estimate of drug-likeness (QED) is 0.0392. The molecule has 322 valence electrons. The largest absolute Gasteiger partial charge is 0.393 e. The highest BCUT2D eigenvalue weighted by molar-refractivity contribution is 5.86. The summed E-state index contributed by atoms with van der Waals surface area (Å²) in [5, 5.41) is 2.78. The topological polar surface area (TPSA) is 78.2 Å². The maximum absolute atomic E-state index is 12.6. The molecule has 2 aliphatic rings. The minimum absolute atomic E-state index is 0.212. The number of methoxy groups -OCH3 is 1. The molecule has 0 radical (unpaired) electrons. The first kappa shape index (κ1) is 43.8. The van der Waals surface area contributed by atoms with Gasteiger partial charge in [0.1, 0.15) is 0 Å². The number of hydrogen-bond donors (Lipinski definition) is 0. The number of aryl methyl sites for hydroxylation is 2. The molecule has 2 saturated heterocycles. The molecular weight excluding hydrogens is 749 g/mol. The molecule has 0 unspecified atom stereocenters. The number of ether oxygens (including phenoxy) is 3. The van der Waals surface area contributed by atoms with E-state index in [9.17, 15) is 9.59 Å². The summed E-state index contributed by atoms with van der Waals surface area (Å²) in [6.45, 7) is 12.3. The Hall–Kier alpha value is -4.28. The van der Waals surface area contributed by atoms with Crippen LogP contribution in [0.15, 0.2) is 85.2 Å². The summed E-state index contributed by atoms with van der Waals surface area (Å²) in [5.74, 6) is 0.305. The Kier molecular flexibility index (Phi) is 16.4. The normalized spacial score (nSPS) is 16.0. The van der Waals surface area contributed by atoms with Gasteiger partial charge in [-0.15, -0.1) is 0 Å². The second-order valence-corrected chi connectivity index (χ2v) is 17.2. The van der Waals surface area contributed by atoms with Crippen LogP contribution in [-0.2, 0) is 49.7 Å². The molecule has 0 N–H and O–H groups in total. The van der Waals surface area contributed by atoms with E-state index in [1.165, 1.54) is 70.6 Å². The van der Waals surface area contributed by atoms with Gasteiger partial charge in [0.15, 0.2) is 0 Å². The first-order valence-electron chi connectivity index (χ1n) is 23.0. The van der Waals surface area contributed by atoms with Gasteiger partial charge < -0.3 is 33.1 Å². The Morgan fingerprint density at radius 2 is 1.13 bits per heavy atom. The minimum Gasteiger partial charge on any atom is -0.393 e. The number of likely N-dealkylation sites (tertiary alicyclic amines) is 2. The fourth-order valence-corrected chi connectivity index (χ4v) is 9.53. The van der Waals surface area contributed by atoms with Gasteiger partial charge in [-0.3, -0.25) is 9.59 Å². The molecule has 3 aromatic carbocycles. The fraction of sp³-hybridized carbons (Fsp3) is 0.529.